The van der Waals surface area contributed by atoms with E-state index in [1.165, 1.54) is 0 Å². The number of aromatic amines is 1. The summed E-state index contributed by atoms with van der Waals surface area (Å²) < 4.78 is 7.60. The summed E-state index contributed by atoms with van der Waals surface area (Å²) in [5, 5.41) is 7.07. The molecule has 1 amide bonds. The SMILES string of the molecule is CCc1nc(C2CN(C(=O)CCn3ccnc3)CCO2)n[nH]1. The Morgan fingerprint density at radius 3 is 3.18 bits per heavy atom. The van der Waals surface area contributed by atoms with Crippen LogP contribution in [0.3, 0.4) is 0 Å². The van der Waals surface area contributed by atoms with Gasteiger partial charge >= 0.3 is 0 Å². The number of carbonyl (C=O) groups is 1. The Kier molecular flexibility index (Phi) is 4.47. The Bertz CT molecular complexity index is 609. The van der Waals surface area contributed by atoms with Crippen molar-refractivity contribution in [3.05, 3.63) is 30.4 Å². The van der Waals surface area contributed by atoms with E-state index in [9.17, 15) is 4.79 Å². The van der Waals surface area contributed by atoms with Crippen LogP contribution >= 0.6 is 0 Å². The Labute approximate surface area is 128 Å². The monoisotopic (exact) mass is 304 g/mol. The van der Waals surface area contributed by atoms with Crippen molar-refractivity contribution in [1.82, 2.24) is 29.6 Å². The molecule has 0 bridgehead atoms. The lowest BCUT2D eigenvalue weighted by Crippen LogP contribution is -2.42. The maximum atomic E-state index is 12.3. The van der Waals surface area contributed by atoms with Crippen LogP contribution in [0.5, 0.6) is 0 Å². The van der Waals surface area contributed by atoms with E-state index < -0.39 is 0 Å². The van der Waals surface area contributed by atoms with Crippen molar-refractivity contribution >= 4 is 5.91 Å². The first-order valence-electron chi connectivity index (χ1n) is 7.52. The highest BCUT2D eigenvalue weighted by molar-refractivity contribution is 5.76. The van der Waals surface area contributed by atoms with Crippen LogP contribution in [0.15, 0.2) is 18.7 Å². The van der Waals surface area contributed by atoms with Crippen LogP contribution in [-0.4, -0.2) is 55.2 Å². The molecular formula is C14H20N6O2. The molecule has 3 heterocycles. The van der Waals surface area contributed by atoms with Crippen LogP contribution in [0.2, 0.25) is 0 Å². The first-order chi connectivity index (χ1) is 10.8. The van der Waals surface area contributed by atoms with Crippen molar-refractivity contribution in [2.45, 2.75) is 32.4 Å². The van der Waals surface area contributed by atoms with Crippen LogP contribution in [0.25, 0.3) is 0 Å². The van der Waals surface area contributed by atoms with Gasteiger partial charge in [-0.2, -0.15) is 5.10 Å². The maximum absolute atomic E-state index is 12.3. The van der Waals surface area contributed by atoms with Gasteiger partial charge in [0, 0.05) is 38.3 Å². The highest BCUT2D eigenvalue weighted by Gasteiger charge is 2.27. The second-order valence-electron chi connectivity index (χ2n) is 5.24. The van der Waals surface area contributed by atoms with Gasteiger partial charge in [0.2, 0.25) is 5.91 Å². The van der Waals surface area contributed by atoms with E-state index in [1.807, 2.05) is 22.6 Å². The third-order valence-electron chi connectivity index (χ3n) is 3.73. The van der Waals surface area contributed by atoms with Gasteiger partial charge < -0.3 is 14.2 Å². The Morgan fingerprint density at radius 2 is 2.45 bits per heavy atom. The topological polar surface area (TPSA) is 88.9 Å². The average molecular weight is 304 g/mol. The molecule has 1 atom stereocenters. The molecule has 0 aromatic carbocycles. The van der Waals surface area contributed by atoms with Gasteiger partial charge in [0.15, 0.2) is 5.82 Å². The molecule has 1 saturated heterocycles. The number of nitrogens with one attached hydrogen (secondary N) is 1. The van der Waals surface area contributed by atoms with Crippen LogP contribution in [0, 0.1) is 0 Å². The first kappa shape index (κ1) is 14.7. The number of aryl methyl sites for hydroxylation is 2. The van der Waals surface area contributed by atoms with Crippen LogP contribution < -0.4 is 0 Å². The van der Waals surface area contributed by atoms with Crippen LogP contribution in [-0.2, 0) is 22.5 Å². The number of rotatable bonds is 5. The zero-order chi connectivity index (χ0) is 15.4. The molecule has 0 radical (unpaired) electrons. The van der Waals surface area contributed by atoms with Gasteiger partial charge in [0.05, 0.1) is 19.5 Å². The summed E-state index contributed by atoms with van der Waals surface area (Å²) in [5.74, 6) is 1.58. The fourth-order valence-electron chi connectivity index (χ4n) is 2.45. The van der Waals surface area contributed by atoms with E-state index in [2.05, 4.69) is 20.2 Å². The van der Waals surface area contributed by atoms with Crippen LogP contribution in [0.1, 0.15) is 31.1 Å². The van der Waals surface area contributed by atoms with Crippen molar-refractivity contribution in [3.8, 4) is 0 Å². The largest absolute Gasteiger partial charge is 0.366 e. The van der Waals surface area contributed by atoms with E-state index in [4.69, 9.17) is 4.74 Å². The Morgan fingerprint density at radius 1 is 1.55 bits per heavy atom. The summed E-state index contributed by atoms with van der Waals surface area (Å²) >= 11 is 0. The fraction of sp³-hybridized carbons (Fsp3) is 0.571. The number of morpholine rings is 1. The third-order valence-corrected chi connectivity index (χ3v) is 3.73. The lowest BCUT2D eigenvalue weighted by atomic mass is 10.2. The first-order valence-corrected chi connectivity index (χ1v) is 7.52. The zero-order valence-electron chi connectivity index (χ0n) is 12.6. The fourth-order valence-corrected chi connectivity index (χ4v) is 2.45. The van der Waals surface area contributed by atoms with Gasteiger partial charge in [0.1, 0.15) is 11.9 Å². The van der Waals surface area contributed by atoms with E-state index in [1.54, 1.807) is 12.5 Å². The van der Waals surface area contributed by atoms with Gasteiger partial charge in [-0.1, -0.05) is 6.92 Å². The third kappa shape index (κ3) is 3.33. The normalized spacial score (nSPS) is 18.6. The minimum atomic E-state index is -0.248. The van der Waals surface area contributed by atoms with E-state index in [-0.39, 0.29) is 12.0 Å². The second kappa shape index (κ2) is 6.69. The molecule has 1 unspecified atom stereocenters. The molecule has 1 aliphatic rings. The predicted molar refractivity (Wildman–Crippen MR) is 77.9 cm³/mol. The number of imidazole rings is 1. The van der Waals surface area contributed by atoms with Crippen molar-refractivity contribution < 1.29 is 9.53 Å². The summed E-state index contributed by atoms with van der Waals surface area (Å²) in [6, 6.07) is 0. The lowest BCUT2D eigenvalue weighted by molar-refractivity contribution is -0.139. The Hall–Kier alpha value is -2.22. The van der Waals surface area contributed by atoms with E-state index >= 15 is 0 Å². The van der Waals surface area contributed by atoms with Crippen molar-refractivity contribution in [2.75, 3.05) is 19.7 Å². The van der Waals surface area contributed by atoms with E-state index in [0.717, 1.165) is 12.2 Å². The number of hydrogen-bond donors (Lipinski definition) is 1. The molecular weight excluding hydrogens is 284 g/mol. The zero-order valence-corrected chi connectivity index (χ0v) is 12.6. The second-order valence-corrected chi connectivity index (χ2v) is 5.24. The number of nitrogens with zero attached hydrogens (tertiary/aromatic N) is 5. The smallest absolute Gasteiger partial charge is 0.224 e. The molecule has 118 valence electrons. The van der Waals surface area contributed by atoms with Gasteiger partial charge in [-0.05, 0) is 0 Å². The molecule has 22 heavy (non-hydrogen) atoms. The standard InChI is InChI=1S/C14H20N6O2/c1-2-12-16-14(18-17-12)11-9-20(7-8-22-11)13(21)3-5-19-6-4-15-10-19/h4,6,10-11H,2-3,5,7-9H2,1H3,(H,16,17,18). The summed E-state index contributed by atoms with van der Waals surface area (Å²) in [6.07, 6.45) is 6.29. The number of ether oxygens (including phenoxy) is 1. The van der Waals surface area contributed by atoms with Crippen molar-refractivity contribution in [1.29, 1.82) is 0 Å². The highest BCUT2D eigenvalue weighted by Crippen LogP contribution is 2.19. The molecule has 0 saturated carbocycles. The number of aromatic nitrogens is 5. The number of hydrogen-bond acceptors (Lipinski definition) is 5. The minimum absolute atomic E-state index is 0.119. The van der Waals surface area contributed by atoms with Crippen molar-refractivity contribution in [2.24, 2.45) is 0 Å². The van der Waals surface area contributed by atoms with Crippen molar-refractivity contribution in [3.63, 3.8) is 0 Å². The number of carbonyl (C=O) groups excluding carboxylic acids is 1. The Balaban J connectivity index is 1.56. The molecule has 1 fully saturated rings. The molecule has 1 N–H and O–H groups in total. The maximum Gasteiger partial charge on any atom is 0.224 e. The van der Waals surface area contributed by atoms with Gasteiger partial charge in [-0.25, -0.2) is 9.97 Å². The van der Waals surface area contributed by atoms with Crippen LogP contribution in [0.4, 0.5) is 0 Å². The number of amides is 1. The van der Waals surface area contributed by atoms with E-state index in [0.29, 0.717) is 38.5 Å². The molecule has 8 nitrogen and oxygen atoms in total. The molecule has 3 rings (SSSR count). The molecule has 8 heteroatoms. The summed E-state index contributed by atoms with van der Waals surface area (Å²) in [7, 11) is 0. The average Bonchev–Trinajstić information content (AvgIpc) is 3.24. The molecule has 2 aromatic heterocycles. The number of H-pyrrole nitrogens is 1. The van der Waals surface area contributed by atoms with Gasteiger partial charge in [-0.15, -0.1) is 0 Å². The van der Waals surface area contributed by atoms with Gasteiger partial charge in [-0.3, -0.25) is 9.89 Å². The molecule has 0 aliphatic carbocycles. The molecule has 0 spiro atoms. The summed E-state index contributed by atoms with van der Waals surface area (Å²) in [6.45, 7) is 4.28. The van der Waals surface area contributed by atoms with Gasteiger partial charge in [0.25, 0.3) is 0 Å². The summed E-state index contributed by atoms with van der Waals surface area (Å²) in [4.78, 5) is 22.5. The summed E-state index contributed by atoms with van der Waals surface area (Å²) in [5.41, 5.74) is 0. The predicted octanol–water partition coefficient (Wildman–Crippen LogP) is 0.554. The molecule has 2 aromatic rings. The minimum Gasteiger partial charge on any atom is -0.366 e. The highest BCUT2D eigenvalue weighted by atomic mass is 16.5. The molecule has 1 aliphatic heterocycles. The lowest BCUT2D eigenvalue weighted by Gasteiger charge is -2.31. The quantitative estimate of drug-likeness (QED) is 0.871.